The number of rotatable bonds is 3. The molecule has 1 N–H and O–H groups in total. The van der Waals surface area contributed by atoms with Gasteiger partial charge in [0.25, 0.3) is 10.0 Å². The standard InChI is InChI=1S/C12H11Br2NO2S2/c1-7-5-9(6-8(2)11(7)14)15-19(16,17)12-10(13)3-4-18-12/h3-6,15H,1-2H3. The number of nitrogens with one attached hydrogen (secondary N) is 1. The monoisotopic (exact) mass is 423 g/mol. The van der Waals surface area contributed by atoms with Gasteiger partial charge in [0, 0.05) is 14.6 Å². The van der Waals surface area contributed by atoms with E-state index in [1.54, 1.807) is 23.6 Å². The van der Waals surface area contributed by atoms with E-state index in [2.05, 4.69) is 36.6 Å². The van der Waals surface area contributed by atoms with Crippen molar-refractivity contribution in [1.82, 2.24) is 0 Å². The van der Waals surface area contributed by atoms with Crippen LogP contribution in [0.5, 0.6) is 0 Å². The van der Waals surface area contributed by atoms with Gasteiger partial charge >= 0.3 is 0 Å². The van der Waals surface area contributed by atoms with Crippen molar-refractivity contribution in [2.24, 2.45) is 0 Å². The van der Waals surface area contributed by atoms with E-state index in [-0.39, 0.29) is 4.21 Å². The van der Waals surface area contributed by atoms with Crippen LogP contribution in [0.4, 0.5) is 5.69 Å². The maximum absolute atomic E-state index is 12.2. The Balaban J connectivity index is 2.39. The van der Waals surface area contributed by atoms with Crippen LogP contribution in [0, 0.1) is 13.8 Å². The number of thiophene rings is 1. The fourth-order valence-electron chi connectivity index (χ4n) is 1.68. The highest BCUT2D eigenvalue weighted by atomic mass is 79.9. The Kier molecular flexibility index (Phi) is 4.39. The van der Waals surface area contributed by atoms with E-state index in [1.165, 1.54) is 11.3 Å². The second kappa shape index (κ2) is 5.55. The van der Waals surface area contributed by atoms with E-state index < -0.39 is 10.0 Å². The Labute approximate surface area is 133 Å². The van der Waals surface area contributed by atoms with Gasteiger partial charge in [-0.3, -0.25) is 4.72 Å². The lowest BCUT2D eigenvalue weighted by atomic mass is 10.1. The molecule has 0 aliphatic rings. The summed E-state index contributed by atoms with van der Waals surface area (Å²) in [6.45, 7) is 3.85. The summed E-state index contributed by atoms with van der Waals surface area (Å²) in [5, 5.41) is 1.73. The first kappa shape index (κ1) is 15.0. The van der Waals surface area contributed by atoms with Crippen LogP contribution >= 0.6 is 43.2 Å². The maximum atomic E-state index is 12.2. The normalized spacial score (nSPS) is 11.6. The third-order valence-electron chi connectivity index (χ3n) is 2.52. The minimum atomic E-state index is -3.54. The van der Waals surface area contributed by atoms with Gasteiger partial charge in [-0.25, -0.2) is 8.42 Å². The van der Waals surface area contributed by atoms with Crippen LogP contribution in [0.3, 0.4) is 0 Å². The van der Waals surface area contributed by atoms with Crippen LogP contribution in [0.1, 0.15) is 11.1 Å². The fourth-order valence-corrected chi connectivity index (χ4v) is 5.29. The van der Waals surface area contributed by atoms with Crippen molar-refractivity contribution in [2.45, 2.75) is 18.1 Å². The number of hydrogen-bond acceptors (Lipinski definition) is 3. The van der Waals surface area contributed by atoms with Crippen molar-refractivity contribution in [3.8, 4) is 0 Å². The number of sulfonamides is 1. The van der Waals surface area contributed by atoms with Crippen LogP contribution < -0.4 is 4.72 Å². The smallest absolute Gasteiger partial charge is 0.272 e. The maximum Gasteiger partial charge on any atom is 0.272 e. The lowest BCUT2D eigenvalue weighted by molar-refractivity contribution is 0.603. The average Bonchev–Trinajstić information content (AvgIpc) is 2.72. The van der Waals surface area contributed by atoms with Gasteiger partial charge in [-0.2, -0.15) is 0 Å². The minimum absolute atomic E-state index is 0.283. The first-order valence-corrected chi connectivity index (χ1v) is 9.28. The Bertz CT molecular complexity index is 700. The van der Waals surface area contributed by atoms with Gasteiger partial charge < -0.3 is 0 Å². The molecule has 0 unspecified atom stereocenters. The summed E-state index contributed by atoms with van der Waals surface area (Å²) in [4.78, 5) is 0. The average molecular weight is 425 g/mol. The van der Waals surface area contributed by atoms with Crippen molar-refractivity contribution in [3.63, 3.8) is 0 Å². The molecule has 1 aromatic heterocycles. The van der Waals surface area contributed by atoms with Crippen LogP contribution in [0.2, 0.25) is 0 Å². The quantitative estimate of drug-likeness (QED) is 0.776. The topological polar surface area (TPSA) is 46.2 Å². The second-order valence-corrected chi connectivity index (χ2v) is 8.53. The summed E-state index contributed by atoms with van der Waals surface area (Å²) >= 11 is 7.88. The Morgan fingerprint density at radius 3 is 2.21 bits per heavy atom. The zero-order valence-corrected chi connectivity index (χ0v) is 15.0. The highest BCUT2D eigenvalue weighted by Crippen LogP contribution is 2.31. The Hall–Kier alpha value is -0.370. The van der Waals surface area contributed by atoms with E-state index in [0.29, 0.717) is 10.2 Å². The number of benzene rings is 1. The lowest BCUT2D eigenvalue weighted by Gasteiger charge is -2.10. The Morgan fingerprint density at radius 1 is 1.16 bits per heavy atom. The SMILES string of the molecule is Cc1cc(NS(=O)(=O)c2sccc2Br)cc(C)c1Br. The van der Waals surface area contributed by atoms with Gasteiger partial charge in [-0.15, -0.1) is 11.3 Å². The molecular formula is C12H11Br2NO2S2. The molecule has 0 radical (unpaired) electrons. The molecule has 7 heteroatoms. The number of aryl methyl sites for hydroxylation is 2. The van der Waals surface area contributed by atoms with Crippen molar-refractivity contribution in [2.75, 3.05) is 4.72 Å². The highest BCUT2D eigenvalue weighted by molar-refractivity contribution is 9.10. The van der Waals surface area contributed by atoms with Crippen molar-refractivity contribution in [1.29, 1.82) is 0 Å². The van der Waals surface area contributed by atoms with Crippen molar-refractivity contribution in [3.05, 3.63) is 43.7 Å². The summed E-state index contributed by atoms with van der Waals surface area (Å²) in [5.74, 6) is 0. The summed E-state index contributed by atoms with van der Waals surface area (Å²) in [7, 11) is -3.54. The summed E-state index contributed by atoms with van der Waals surface area (Å²) in [6.07, 6.45) is 0. The minimum Gasteiger partial charge on any atom is -0.279 e. The lowest BCUT2D eigenvalue weighted by Crippen LogP contribution is -2.12. The van der Waals surface area contributed by atoms with Crippen LogP contribution in [-0.4, -0.2) is 8.42 Å². The molecule has 0 spiro atoms. The number of hydrogen-bond donors (Lipinski definition) is 1. The van der Waals surface area contributed by atoms with Gasteiger partial charge in [-0.1, -0.05) is 15.9 Å². The van der Waals surface area contributed by atoms with E-state index in [4.69, 9.17) is 0 Å². The number of anilines is 1. The molecule has 0 aliphatic heterocycles. The zero-order valence-electron chi connectivity index (χ0n) is 10.2. The molecule has 0 aliphatic carbocycles. The van der Waals surface area contributed by atoms with E-state index in [1.807, 2.05) is 13.8 Å². The van der Waals surface area contributed by atoms with E-state index >= 15 is 0 Å². The van der Waals surface area contributed by atoms with E-state index in [0.717, 1.165) is 15.6 Å². The van der Waals surface area contributed by atoms with E-state index in [9.17, 15) is 8.42 Å². The van der Waals surface area contributed by atoms with Crippen LogP contribution in [-0.2, 0) is 10.0 Å². The molecule has 0 saturated carbocycles. The largest absolute Gasteiger partial charge is 0.279 e. The number of halogens is 2. The predicted octanol–water partition coefficient (Wildman–Crippen LogP) is 4.69. The molecule has 0 fully saturated rings. The van der Waals surface area contributed by atoms with Crippen LogP contribution in [0.25, 0.3) is 0 Å². The third kappa shape index (κ3) is 3.21. The van der Waals surface area contributed by atoms with Crippen molar-refractivity contribution < 1.29 is 8.42 Å². The van der Waals surface area contributed by atoms with Gasteiger partial charge in [0.05, 0.1) is 0 Å². The molecule has 19 heavy (non-hydrogen) atoms. The van der Waals surface area contributed by atoms with Crippen molar-refractivity contribution >= 4 is 58.9 Å². The molecule has 2 rings (SSSR count). The third-order valence-corrected chi connectivity index (χ3v) is 7.82. The Morgan fingerprint density at radius 2 is 1.74 bits per heavy atom. The molecule has 3 nitrogen and oxygen atoms in total. The van der Waals surface area contributed by atoms with Gasteiger partial charge in [0.2, 0.25) is 0 Å². The molecule has 0 saturated heterocycles. The summed E-state index contributed by atoms with van der Waals surface area (Å²) < 4.78 is 29.0. The molecule has 1 heterocycles. The molecular weight excluding hydrogens is 414 g/mol. The van der Waals surface area contributed by atoms with Crippen LogP contribution in [0.15, 0.2) is 36.7 Å². The molecule has 0 atom stereocenters. The zero-order chi connectivity index (χ0) is 14.2. The molecule has 2 aromatic rings. The van der Waals surface area contributed by atoms with Gasteiger partial charge in [0.1, 0.15) is 0 Å². The summed E-state index contributed by atoms with van der Waals surface area (Å²) in [6, 6.07) is 5.32. The van der Waals surface area contributed by atoms with Gasteiger partial charge in [-0.05, 0) is 64.5 Å². The molecule has 1 aromatic carbocycles. The predicted molar refractivity (Wildman–Crippen MR) is 86.4 cm³/mol. The highest BCUT2D eigenvalue weighted by Gasteiger charge is 2.19. The molecule has 0 bridgehead atoms. The second-order valence-electron chi connectivity index (χ2n) is 4.09. The fraction of sp³-hybridized carbons (Fsp3) is 0.167. The van der Waals surface area contributed by atoms with Gasteiger partial charge in [0.15, 0.2) is 4.21 Å². The molecule has 102 valence electrons. The first-order valence-electron chi connectivity index (χ1n) is 5.34. The first-order chi connectivity index (χ1) is 8.81. The molecule has 0 amide bonds. The summed E-state index contributed by atoms with van der Waals surface area (Å²) in [5.41, 5.74) is 2.55.